The van der Waals surface area contributed by atoms with Crippen LogP contribution < -0.4 is 10.5 Å². The fraction of sp³-hybridized carbons (Fsp3) is 0.565. The van der Waals surface area contributed by atoms with E-state index in [2.05, 4.69) is 18.7 Å². The van der Waals surface area contributed by atoms with Crippen LogP contribution in [0.1, 0.15) is 49.5 Å². The van der Waals surface area contributed by atoms with Crippen LogP contribution in [0.4, 0.5) is 5.69 Å². The van der Waals surface area contributed by atoms with Gasteiger partial charge in [-0.2, -0.15) is 0 Å². The summed E-state index contributed by atoms with van der Waals surface area (Å²) in [6.07, 6.45) is -1.59. The summed E-state index contributed by atoms with van der Waals surface area (Å²) in [7, 11) is 1.81. The van der Waals surface area contributed by atoms with Crippen LogP contribution >= 0.6 is 11.6 Å². The molecule has 1 aliphatic heterocycles. The Morgan fingerprint density at radius 1 is 1.11 bits per heavy atom. The first-order chi connectivity index (χ1) is 16.7. The number of fused-ring (bicyclic) bond motifs is 1. The Labute approximate surface area is 214 Å². The quantitative estimate of drug-likeness (QED) is 0.259. The third-order valence-corrected chi connectivity index (χ3v) is 6.00. The zero-order valence-electron chi connectivity index (χ0n) is 20.8. The highest BCUT2D eigenvalue weighted by Crippen LogP contribution is 2.41. The Morgan fingerprint density at radius 2 is 1.64 bits per heavy atom. The maximum Gasteiger partial charge on any atom is 0.336 e. The minimum atomic E-state index is -2.74. The molecule has 1 amide bonds. The third kappa shape index (κ3) is 8.25. The van der Waals surface area contributed by atoms with Gasteiger partial charge in [-0.15, -0.1) is 0 Å². The molecule has 1 aromatic rings. The topological polar surface area (TPSA) is 191 Å². The number of rotatable bonds is 11. The summed E-state index contributed by atoms with van der Waals surface area (Å²) in [5, 5.41) is 34.2. The number of carboxylic acids is 3. The van der Waals surface area contributed by atoms with E-state index < -0.39 is 36.4 Å². The van der Waals surface area contributed by atoms with Crippen molar-refractivity contribution in [3.05, 3.63) is 22.2 Å². The van der Waals surface area contributed by atoms with Gasteiger partial charge in [0.2, 0.25) is 0 Å². The number of carbonyl (C=O) groups is 4. The second kappa shape index (κ2) is 13.3. The van der Waals surface area contributed by atoms with Gasteiger partial charge in [-0.3, -0.25) is 14.4 Å². The van der Waals surface area contributed by atoms with Crippen molar-refractivity contribution >= 4 is 41.1 Å². The number of ether oxygens (including phenoxy) is 1. The molecule has 13 heteroatoms. The monoisotopic (exact) mass is 531 g/mol. The smallest absolute Gasteiger partial charge is 0.336 e. The van der Waals surface area contributed by atoms with Gasteiger partial charge in [0.05, 0.1) is 29.1 Å². The molecular formula is C23H34ClN3O9. The van der Waals surface area contributed by atoms with Gasteiger partial charge >= 0.3 is 17.9 Å². The summed E-state index contributed by atoms with van der Waals surface area (Å²) in [6, 6.07) is 1.63. The first kappa shape index (κ1) is 30.9. The van der Waals surface area contributed by atoms with Crippen molar-refractivity contribution in [1.82, 2.24) is 9.80 Å². The van der Waals surface area contributed by atoms with Gasteiger partial charge in [-0.1, -0.05) is 25.4 Å². The highest BCUT2D eigenvalue weighted by atomic mass is 35.5. The summed E-state index contributed by atoms with van der Waals surface area (Å²) < 4.78 is 5.82. The highest BCUT2D eigenvalue weighted by molar-refractivity contribution is 6.33. The summed E-state index contributed by atoms with van der Waals surface area (Å²) in [4.78, 5) is 47.3. The first-order valence-corrected chi connectivity index (χ1v) is 11.7. The Hall–Kier alpha value is -3.09. The SMILES string of the molecule is CCN(CC)CCN(C)C(=O)c1cc(Cl)c(N)c2c1OC(C)C2.O=C(O)CC(O)(CC(=O)O)C(=O)O. The Morgan fingerprint density at radius 3 is 2.08 bits per heavy atom. The summed E-state index contributed by atoms with van der Waals surface area (Å²) in [5.41, 5.74) is 5.17. The number of nitrogen functional groups attached to an aromatic ring is 1. The van der Waals surface area contributed by atoms with Gasteiger partial charge in [0.1, 0.15) is 11.9 Å². The zero-order chi connectivity index (χ0) is 27.8. The molecule has 0 bridgehead atoms. The normalized spacial score (nSPS) is 14.4. The first-order valence-electron chi connectivity index (χ1n) is 11.3. The molecule has 0 aliphatic carbocycles. The van der Waals surface area contributed by atoms with E-state index in [1.54, 1.807) is 18.0 Å². The molecule has 0 radical (unpaired) electrons. The molecular weight excluding hydrogens is 498 g/mol. The third-order valence-electron chi connectivity index (χ3n) is 5.69. The van der Waals surface area contributed by atoms with Crippen molar-refractivity contribution in [2.75, 3.05) is 39.0 Å². The molecule has 0 spiro atoms. The van der Waals surface area contributed by atoms with Crippen molar-refractivity contribution in [2.24, 2.45) is 0 Å². The van der Waals surface area contributed by atoms with Crippen LogP contribution in [-0.2, 0) is 20.8 Å². The zero-order valence-corrected chi connectivity index (χ0v) is 21.5. The van der Waals surface area contributed by atoms with Crippen LogP contribution in [0.25, 0.3) is 0 Å². The van der Waals surface area contributed by atoms with Gasteiger partial charge in [-0.25, -0.2) is 4.79 Å². The van der Waals surface area contributed by atoms with Gasteiger partial charge in [-0.05, 0) is 26.1 Å². The average molecular weight is 532 g/mol. The molecule has 1 unspecified atom stereocenters. The van der Waals surface area contributed by atoms with Crippen LogP contribution in [-0.4, -0.2) is 99.0 Å². The van der Waals surface area contributed by atoms with Gasteiger partial charge in [0.15, 0.2) is 5.60 Å². The lowest BCUT2D eigenvalue weighted by atomic mass is 9.96. The van der Waals surface area contributed by atoms with Crippen LogP contribution in [0.3, 0.4) is 0 Å². The standard InChI is InChI=1S/C17H26ClN3O2.C6H8O7/c1-5-21(6-2)8-7-20(4)17(22)13-10-14(18)15(19)12-9-11(3)23-16(12)13;7-3(8)1-6(13,5(11)12)2-4(9)10/h10-11H,5-9,19H2,1-4H3;13H,1-2H2,(H,7,8)(H,9,10)(H,11,12). The Bertz CT molecular complexity index is 966. The van der Waals surface area contributed by atoms with E-state index in [4.69, 9.17) is 42.5 Å². The fourth-order valence-corrected chi connectivity index (χ4v) is 3.80. The number of halogens is 1. The Kier molecular flexibility index (Phi) is 11.4. The maximum absolute atomic E-state index is 12.8. The molecule has 0 fully saturated rings. The second-order valence-electron chi connectivity index (χ2n) is 8.49. The molecule has 1 heterocycles. The number of aliphatic hydroxyl groups is 1. The predicted octanol–water partition coefficient (Wildman–Crippen LogP) is 1.41. The summed E-state index contributed by atoms with van der Waals surface area (Å²) >= 11 is 6.21. The fourth-order valence-electron chi connectivity index (χ4n) is 3.58. The minimum Gasteiger partial charge on any atom is -0.489 e. The molecule has 12 nitrogen and oxygen atoms in total. The van der Waals surface area contributed by atoms with Crippen molar-refractivity contribution < 1.29 is 44.3 Å². The minimum absolute atomic E-state index is 0.0123. The lowest BCUT2D eigenvalue weighted by Crippen LogP contribution is -2.42. The molecule has 0 saturated heterocycles. The van der Waals surface area contributed by atoms with E-state index in [1.807, 2.05) is 6.92 Å². The van der Waals surface area contributed by atoms with Gasteiger partial charge < -0.3 is 40.7 Å². The van der Waals surface area contributed by atoms with E-state index >= 15 is 0 Å². The average Bonchev–Trinajstić information content (AvgIpc) is 3.17. The van der Waals surface area contributed by atoms with Crippen LogP contribution in [0.2, 0.25) is 5.02 Å². The molecule has 36 heavy (non-hydrogen) atoms. The summed E-state index contributed by atoms with van der Waals surface area (Å²) in [6.45, 7) is 9.65. The van der Waals surface area contributed by atoms with Crippen LogP contribution in [0, 0.1) is 0 Å². The van der Waals surface area contributed by atoms with Crippen molar-refractivity contribution in [3.63, 3.8) is 0 Å². The number of carbonyl (C=O) groups excluding carboxylic acids is 1. The lowest BCUT2D eigenvalue weighted by molar-refractivity contribution is -0.170. The number of hydrogen-bond acceptors (Lipinski definition) is 8. The van der Waals surface area contributed by atoms with Crippen molar-refractivity contribution in [3.8, 4) is 5.75 Å². The lowest BCUT2D eigenvalue weighted by Gasteiger charge is -2.24. The number of anilines is 1. The van der Waals surface area contributed by atoms with Gasteiger partial charge in [0, 0.05) is 32.1 Å². The number of likely N-dealkylation sites (N-methyl/N-ethyl adjacent to an activating group) is 2. The number of nitrogens with two attached hydrogens (primary N) is 1. The second-order valence-corrected chi connectivity index (χ2v) is 8.90. The number of amides is 1. The highest BCUT2D eigenvalue weighted by Gasteiger charge is 2.40. The Balaban J connectivity index is 0.000000426. The molecule has 1 aliphatic rings. The number of carboxylic acid groups (broad SMARTS) is 3. The van der Waals surface area contributed by atoms with Crippen LogP contribution in [0.15, 0.2) is 6.07 Å². The van der Waals surface area contributed by atoms with E-state index in [9.17, 15) is 19.2 Å². The van der Waals surface area contributed by atoms with E-state index in [-0.39, 0.29) is 12.0 Å². The maximum atomic E-state index is 12.8. The van der Waals surface area contributed by atoms with E-state index in [0.29, 0.717) is 35.0 Å². The molecule has 0 aromatic heterocycles. The molecule has 202 valence electrons. The van der Waals surface area contributed by atoms with Crippen LogP contribution in [0.5, 0.6) is 5.75 Å². The van der Waals surface area contributed by atoms with E-state index in [1.165, 1.54) is 0 Å². The van der Waals surface area contributed by atoms with Crippen molar-refractivity contribution in [2.45, 2.75) is 51.7 Å². The molecule has 6 N–H and O–H groups in total. The molecule has 1 atom stereocenters. The number of nitrogens with zero attached hydrogens (tertiary/aromatic N) is 2. The molecule has 1 aromatic carbocycles. The van der Waals surface area contributed by atoms with Gasteiger partial charge in [0.25, 0.3) is 5.91 Å². The van der Waals surface area contributed by atoms with Crippen molar-refractivity contribution in [1.29, 1.82) is 0 Å². The van der Waals surface area contributed by atoms with E-state index in [0.717, 1.165) is 25.2 Å². The number of hydrogen-bond donors (Lipinski definition) is 5. The number of aliphatic carboxylic acids is 3. The predicted molar refractivity (Wildman–Crippen MR) is 131 cm³/mol. The molecule has 2 rings (SSSR count). The number of benzene rings is 1. The summed E-state index contributed by atoms with van der Waals surface area (Å²) in [5.74, 6) is -4.50. The largest absolute Gasteiger partial charge is 0.489 e. The molecule has 0 saturated carbocycles.